The minimum Gasteiger partial charge on any atom is -0.254 e. The Balaban J connectivity index is 1.92. The normalized spacial score (nSPS) is 12.2. The van der Waals surface area contributed by atoms with Gasteiger partial charge in [-0.2, -0.15) is 11.8 Å². The second kappa shape index (κ2) is 9.02. The molecule has 0 aliphatic heterocycles. The maximum Gasteiger partial charge on any atom is 0.0542 e. The third kappa shape index (κ3) is 4.62. The summed E-state index contributed by atoms with van der Waals surface area (Å²) in [5.74, 6) is 1.62. The molecule has 0 spiro atoms. The van der Waals surface area contributed by atoms with Gasteiger partial charge >= 0.3 is 0 Å². The first-order valence-electron chi connectivity index (χ1n) is 8.34. The molecule has 3 heteroatoms. The van der Waals surface area contributed by atoms with E-state index in [-0.39, 0.29) is 5.92 Å². The van der Waals surface area contributed by atoms with Crippen molar-refractivity contribution in [3.8, 4) is 0 Å². The van der Waals surface area contributed by atoms with Gasteiger partial charge in [-0.15, -0.1) is 0 Å². The lowest BCUT2D eigenvalue weighted by Crippen LogP contribution is -2.12. The van der Waals surface area contributed by atoms with Crippen molar-refractivity contribution in [1.29, 1.82) is 0 Å². The molecule has 0 aromatic heterocycles. The molecule has 3 aromatic carbocycles. The Morgan fingerprint density at radius 1 is 0.800 bits per heavy atom. The molecular weight excluding hydrogens is 344 g/mol. The first-order chi connectivity index (χ1) is 12.3. The second-order valence-electron chi connectivity index (χ2n) is 5.93. The molecule has 0 amide bonds. The van der Waals surface area contributed by atoms with Crippen molar-refractivity contribution in [2.24, 2.45) is 0 Å². The number of rotatable bonds is 7. The minimum absolute atomic E-state index is 0.130. The molecule has 25 heavy (non-hydrogen) atoms. The van der Waals surface area contributed by atoms with E-state index in [2.05, 4.69) is 60.9 Å². The van der Waals surface area contributed by atoms with E-state index in [9.17, 15) is 4.21 Å². The van der Waals surface area contributed by atoms with Crippen molar-refractivity contribution in [3.05, 3.63) is 102 Å². The van der Waals surface area contributed by atoms with Crippen LogP contribution in [0.15, 0.2) is 89.8 Å². The van der Waals surface area contributed by atoms with Crippen LogP contribution in [0.1, 0.15) is 22.6 Å². The zero-order valence-electron chi connectivity index (χ0n) is 14.3. The summed E-state index contributed by atoms with van der Waals surface area (Å²) in [6, 6.07) is 28.9. The fourth-order valence-electron chi connectivity index (χ4n) is 3.00. The summed E-state index contributed by atoms with van der Waals surface area (Å²) in [6.45, 7) is 0. The van der Waals surface area contributed by atoms with Gasteiger partial charge in [-0.3, -0.25) is 4.21 Å². The third-order valence-electron chi connectivity index (χ3n) is 4.24. The van der Waals surface area contributed by atoms with Gasteiger partial charge in [0, 0.05) is 22.3 Å². The van der Waals surface area contributed by atoms with E-state index in [0.717, 1.165) is 10.6 Å². The van der Waals surface area contributed by atoms with E-state index >= 15 is 0 Å². The van der Waals surface area contributed by atoms with Crippen LogP contribution in [0.2, 0.25) is 0 Å². The van der Waals surface area contributed by atoms with Gasteiger partial charge in [-0.1, -0.05) is 78.9 Å². The van der Waals surface area contributed by atoms with E-state index in [1.807, 2.05) is 30.3 Å². The number of hydrogen-bond donors (Lipinski definition) is 0. The van der Waals surface area contributed by atoms with Crippen LogP contribution in [0, 0.1) is 0 Å². The minimum atomic E-state index is -1.04. The maximum atomic E-state index is 13.2. The van der Waals surface area contributed by atoms with Crippen molar-refractivity contribution >= 4 is 22.6 Å². The monoisotopic (exact) mass is 366 g/mol. The number of thioether (sulfide) groups is 1. The zero-order valence-corrected chi connectivity index (χ0v) is 15.9. The smallest absolute Gasteiger partial charge is 0.0542 e. The van der Waals surface area contributed by atoms with Crippen molar-refractivity contribution in [3.63, 3.8) is 0 Å². The van der Waals surface area contributed by atoms with E-state index in [1.165, 1.54) is 16.7 Å². The highest BCUT2D eigenvalue weighted by Gasteiger charge is 2.19. The Hall–Kier alpha value is -1.84. The molecule has 0 saturated heterocycles. The highest BCUT2D eigenvalue weighted by Crippen LogP contribution is 2.28. The zero-order chi connectivity index (χ0) is 17.5. The molecular formula is C22H22OS2. The lowest BCUT2D eigenvalue weighted by Gasteiger charge is -2.19. The van der Waals surface area contributed by atoms with Crippen LogP contribution in [0.25, 0.3) is 0 Å². The van der Waals surface area contributed by atoms with Gasteiger partial charge in [0.05, 0.1) is 10.8 Å². The standard InChI is InChI=1S/C22H22OS2/c1-24-16-20-14-8-9-15-22(20)25(23)17-21(18-10-4-2-5-11-18)19-12-6-3-7-13-19/h2-15,21H,16-17H2,1H3. The largest absolute Gasteiger partial charge is 0.254 e. The molecule has 1 unspecified atom stereocenters. The predicted molar refractivity (Wildman–Crippen MR) is 110 cm³/mol. The van der Waals surface area contributed by atoms with E-state index in [0.29, 0.717) is 5.75 Å². The summed E-state index contributed by atoms with van der Waals surface area (Å²) in [5.41, 5.74) is 3.60. The van der Waals surface area contributed by atoms with Crippen LogP contribution in [-0.2, 0) is 16.6 Å². The number of benzene rings is 3. The predicted octanol–water partition coefficient (Wildman–Crippen LogP) is 5.49. The highest BCUT2D eigenvalue weighted by molar-refractivity contribution is 7.97. The van der Waals surface area contributed by atoms with E-state index < -0.39 is 10.8 Å². The van der Waals surface area contributed by atoms with Crippen LogP contribution in [-0.4, -0.2) is 16.2 Å². The fraction of sp³-hybridized carbons (Fsp3) is 0.182. The lowest BCUT2D eigenvalue weighted by atomic mass is 9.93. The molecule has 1 atom stereocenters. The Kier molecular flexibility index (Phi) is 6.48. The summed E-state index contributed by atoms with van der Waals surface area (Å²) >= 11 is 1.76. The molecule has 0 radical (unpaired) electrons. The first-order valence-corrected chi connectivity index (χ1v) is 11.1. The van der Waals surface area contributed by atoms with Crippen molar-refractivity contribution in [1.82, 2.24) is 0 Å². The summed E-state index contributed by atoms with van der Waals surface area (Å²) in [5, 5.41) is 0. The van der Waals surface area contributed by atoms with Crippen LogP contribution in [0.5, 0.6) is 0 Å². The van der Waals surface area contributed by atoms with Gasteiger partial charge in [0.2, 0.25) is 0 Å². The summed E-state index contributed by atoms with van der Waals surface area (Å²) in [6.07, 6.45) is 2.08. The molecule has 0 bridgehead atoms. The molecule has 1 nitrogen and oxygen atoms in total. The Labute approximate surface area is 157 Å². The van der Waals surface area contributed by atoms with Gasteiger partial charge in [-0.05, 0) is 29.0 Å². The molecule has 0 aliphatic carbocycles. The second-order valence-corrected chi connectivity index (χ2v) is 8.26. The van der Waals surface area contributed by atoms with Crippen LogP contribution in [0.3, 0.4) is 0 Å². The Morgan fingerprint density at radius 3 is 1.88 bits per heavy atom. The molecule has 128 valence electrons. The summed E-state index contributed by atoms with van der Waals surface area (Å²) in [7, 11) is -1.04. The molecule has 0 aliphatic rings. The van der Waals surface area contributed by atoms with Crippen molar-refractivity contribution in [2.45, 2.75) is 16.6 Å². The van der Waals surface area contributed by atoms with Gasteiger partial charge in [-0.25, -0.2) is 0 Å². The molecule has 0 N–H and O–H groups in total. The maximum absolute atomic E-state index is 13.2. The van der Waals surface area contributed by atoms with Gasteiger partial charge in [0.25, 0.3) is 0 Å². The van der Waals surface area contributed by atoms with Crippen molar-refractivity contribution in [2.75, 3.05) is 12.0 Å². The molecule has 0 fully saturated rings. The van der Waals surface area contributed by atoms with Gasteiger partial charge < -0.3 is 0 Å². The van der Waals surface area contributed by atoms with E-state index in [4.69, 9.17) is 0 Å². The third-order valence-corrected chi connectivity index (χ3v) is 6.36. The van der Waals surface area contributed by atoms with Crippen LogP contribution < -0.4 is 0 Å². The molecule has 3 rings (SSSR count). The average molecular weight is 367 g/mol. The summed E-state index contributed by atoms with van der Waals surface area (Å²) in [4.78, 5) is 0.966. The Bertz CT molecular complexity index is 776. The molecule has 3 aromatic rings. The van der Waals surface area contributed by atoms with Crippen LogP contribution in [0.4, 0.5) is 0 Å². The summed E-state index contributed by atoms with van der Waals surface area (Å²) < 4.78 is 13.2. The van der Waals surface area contributed by atoms with E-state index in [1.54, 1.807) is 11.8 Å². The quantitative estimate of drug-likeness (QED) is 0.550. The van der Waals surface area contributed by atoms with Gasteiger partial charge in [0.1, 0.15) is 0 Å². The average Bonchev–Trinajstić information content (AvgIpc) is 2.68. The van der Waals surface area contributed by atoms with Gasteiger partial charge in [0.15, 0.2) is 0 Å². The molecule has 0 saturated carbocycles. The highest BCUT2D eigenvalue weighted by atomic mass is 32.2. The molecule has 0 heterocycles. The fourth-order valence-corrected chi connectivity index (χ4v) is 5.18. The Morgan fingerprint density at radius 2 is 1.32 bits per heavy atom. The lowest BCUT2D eigenvalue weighted by molar-refractivity contribution is 0.679. The topological polar surface area (TPSA) is 17.1 Å². The SMILES string of the molecule is CSCc1ccccc1S(=O)CC(c1ccccc1)c1ccccc1. The van der Waals surface area contributed by atoms with Crippen molar-refractivity contribution < 1.29 is 4.21 Å². The van der Waals surface area contributed by atoms with Crippen LogP contribution >= 0.6 is 11.8 Å². The first kappa shape index (κ1) is 18.0. The number of hydrogen-bond acceptors (Lipinski definition) is 2.